The van der Waals surface area contributed by atoms with Crippen LogP contribution < -0.4 is 0 Å². The molecule has 0 bridgehead atoms. The first kappa shape index (κ1) is 14.0. The normalized spacial score (nSPS) is 25.9. The van der Waals surface area contributed by atoms with Crippen LogP contribution in [0.3, 0.4) is 0 Å². The Morgan fingerprint density at radius 3 is 2.63 bits per heavy atom. The first-order chi connectivity index (χ1) is 8.87. The Bertz CT molecular complexity index is 468. The molecular formula is C16H21FO2. The van der Waals surface area contributed by atoms with Crippen LogP contribution in [0.2, 0.25) is 0 Å². The van der Waals surface area contributed by atoms with Crippen LogP contribution in [0, 0.1) is 17.2 Å². The molecule has 0 spiro atoms. The summed E-state index contributed by atoms with van der Waals surface area (Å²) in [6, 6.07) is 5.96. The van der Waals surface area contributed by atoms with Crippen LogP contribution in [0.1, 0.15) is 50.4 Å². The minimum Gasteiger partial charge on any atom is -0.459 e. The summed E-state index contributed by atoms with van der Waals surface area (Å²) in [6.45, 7) is 6.55. The Balaban J connectivity index is 2.05. The van der Waals surface area contributed by atoms with Gasteiger partial charge >= 0.3 is 5.97 Å². The molecule has 104 valence electrons. The highest BCUT2D eigenvalue weighted by Crippen LogP contribution is 2.39. The Hall–Kier alpha value is -1.38. The van der Waals surface area contributed by atoms with Gasteiger partial charge in [-0.1, -0.05) is 32.9 Å². The van der Waals surface area contributed by atoms with Gasteiger partial charge in [0, 0.05) is 0 Å². The van der Waals surface area contributed by atoms with E-state index in [4.69, 9.17) is 4.74 Å². The van der Waals surface area contributed by atoms with Crippen molar-refractivity contribution in [3.63, 3.8) is 0 Å². The lowest BCUT2D eigenvalue weighted by Crippen LogP contribution is -2.34. The van der Waals surface area contributed by atoms with E-state index in [1.807, 2.05) is 0 Å². The van der Waals surface area contributed by atoms with Crippen molar-refractivity contribution >= 4 is 5.97 Å². The largest absolute Gasteiger partial charge is 0.459 e. The van der Waals surface area contributed by atoms with Gasteiger partial charge in [0.25, 0.3) is 0 Å². The summed E-state index contributed by atoms with van der Waals surface area (Å²) in [7, 11) is 0. The third kappa shape index (κ3) is 3.55. The average Bonchev–Trinajstić information content (AvgIpc) is 2.26. The zero-order valence-corrected chi connectivity index (χ0v) is 11.8. The lowest BCUT2D eigenvalue weighted by molar-refractivity contribution is -0.00750. The predicted octanol–water partition coefficient (Wildman–Crippen LogP) is 4.20. The first-order valence-electron chi connectivity index (χ1n) is 6.83. The van der Waals surface area contributed by atoms with Gasteiger partial charge in [-0.05, 0) is 42.7 Å². The van der Waals surface area contributed by atoms with E-state index in [2.05, 4.69) is 20.8 Å². The van der Waals surface area contributed by atoms with E-state index in [9.17, 15) is 9.18 Å². The fourth-order valence-corrected chi connectivity index (χ4v) is 3.19. The van der Waals surface area contributed by atoms with Crippen molar-refractivity contribution in [2.24, 2.45) is 11.3 Å². The molecule has 1 aromatic rings. The molecule has 1 fully saturated rings. The Morgan fingerprint density at radius 1 is 1.32 bits per heavy atom. The number of hydrogen-bond donors (Lipinski definition) is 0. The van der Waals surface area contributed by atoms with Crippen LogP contribution in [-0.2, 0) is 4.74 Å². The van der Waals surface area contributed by atoms with E-state index in [0.29, 0.717) is 5.92 Å². The van der Waals surface area contributed by atoms with Crippen molar-refractivity contribution < 1.29 is 13.9 Å². The molecule has 3 heteroatoms. The Labute approximate surface area is 114 Å². The van der Waals surface area contributed by atoms with Gasteiger partial charge in [-0.3, -0.25) is 0 Å². The van der Waals surface area contributed by atoms with Crippen LogP contribution >= 0.6 is 0 Å². The second-order valence-corrected chi connectivity index (χ2v) is 6.42. The number of carbonyl (C=O) groups excluding carboxylic acids is 1. The van der Waals surface area contributed by atoms with Gasteiger partial charge in [-0.15, -0.1) is 0 Å². The molecule has 0 radical (unpaired) electrons. The monoisotopic (exact) mass is 264 g/mol. The van der Waals surface area contributed by atoms with Gasteiger partial charge in [0.1, 0.15) is 11.9 Å². The van der Waals surface area contributed by atoms with Gasteiger partial charge in [-0.2, -0.15) is 0 Å². The molecule has 1 saturated carbocycles. The molecule has 19 heavy (non-hydrogen) atoms. The van der Waals surface area contributed by atoms with Crippen molar-refractivity contribution in [3.05, 3.63) is 35.6 Å². The predicted molar refractivity (Wildman–Crippen MR) is 72.4 cm³/mol. The molecule has 2 nitrogen and oxygen atoms in total. The smallest absolute Gasteiger partial charge is 0.341 e. The van der Waals surface area contributed by atoms with Crippen LogP contribution in [0.4, 0.5) is 4.39 Å². The van der Waals surface area contributed by atoms with E-state index >= 15 is 0 Å². The van der Waals surface area contributed by atoms with Crippen LogP contribution in [0.25, 0.3) is 0 Å². The number of rotatable bonds is 2. The molecule has 0 aromatic heterocycles. The SMILES string of the molecule is CC1CC(OC(=O)c2ccccc2F)CC(C)(C)C1. The molecule has 2 rings (SSSR count). The molecule has 1 aromatic carbocycles. The summed E-state index contributed by atoms with van der Waals surface area (Å²) in [5, 5.41) is 0. The van der Waals surface area contributed by atoms with Crippen molar-refractivity contribution in [2.45, 2.75) is 46.1 Å². The number of ether oxygens (including phenoxy) is 1. The maximum absolute atomic E-state index is 13.5. The molecule has 0 aliphatic heterocycles. The molecule has 2 unspecified atom stereocenters. The quantitative estimate of drug-likeness (QED) is 0.748. The molecule has 0 saturated heterocycles. The molecule has 2 atom stereocenters. The minimum absolute atomic E-state index is 0.0264. The molecule has 1 aliphatic rings. The van der Waals surface area contributed by atoms with Gasteiger partial charge < -0.3 is 4.74 Å². The standard InChI is InChI=1S/C16H21FO2/c1-11-8-12(10-16(2,3)9-11)19-15(18)13-6-4-5-7-14(13)17/h4-7,11-12H,8-10H2,1-3H3. The number of hydrogen-bond acceptors (Lipinski definition) is 2. The van der Waals surface area contributed by atoms with E-state index < -0.39 is 11.8 Å². The number of carbonyl (C=O) groups is 1. The van der Waals surface area contributed by atoms with Crippen LogP contribution in [0.15, 0.2) is 24.3 Å². The summed E-state index contributed by atoms with van der Waals surface area (Å²) < 4.78 is 19.0. The van der Waals surface area contributed by atoms with Crippen LogP contribution in [0.5, 0.6) is 0 Å². The van der Waals surface area contributed by atoms with E-state index in [-0.39, 0.29) is 17.1 Å². The fraction of sp³-hybridized carbons (Fsp3) is 0.562. The van der Waals surface area contributed by atoms with Gasteiger partial charge in [0.2, 0.25) is 0 Å². The zero-order valence-electron chi connectivity index (χ0n) is 11.8. The van der Waals surface area contributed by atoms with Gasteiger partial charge in [0.05, 0.1) is 5.56 Å². The van der Waals surface area contributed by atoms with Gasteiger partial charge in [-0.25, -0.2) is 9.18 Å². The Kier molecular flexibility index (Phi) is 3.93. The first-order valence-corrected chi connectivity index (χ1v) is 6.83. The zero-order chi connectivity index (χ0) is 14.0. The van der Waals surface area contributed by atoms with E-state index in [1.54, 1.807) is 12.1 Å². The molecular weight excluding hydrogens is 243 g/mol. The fourth-order valence-electron chi connectivity index (χ4n) is 3.19. The number of esters is 1. The lowest BCUT2D eigenvalue weighted by atomic mass is 9.71. The van der Waals surface area contributed by atoms with Gasteiger partial charge in [0.15, 0.2) is 0 Å². The molecule has 0 amide bonds. The minimum atomic E-state index is -0.548. The van der Waals surface area contributed by atoms with Crippen LogP contribution in [-0.4, -0.2) is 12.1 Å². The van der Waals surface area contributed by atoms with Crippen molar-refractivity contribution in [2.75, 3.05) is 0 Å². The highest BCUT2D eigenvalue weighted by Gasteiger charge is 2.34. The second kappa shape index (κ2) is 5.32. The van der Waals surface area contributed by atoms with Crippen molar-refractivity contribution in [1.82, 2.24) is 0 Å². The molecule has 1 aliphatic carbocycles. The third-order valence-corrected chi connectivity index (χ3v) is 3.71. The highest BCUT2D eigenvalue weighted by molar-refractivity contribution is 5.89. The summed E-state index contributed by atoms with van der Waals surface area (Å²) in [6.07, 6.45) is 2.74. The molecule has 0 heterocycles. The maximum atomic E-state index is 13.5. The maximum Gasteiger partial charge on any atom is 0.341 e. The summed E-state index contributed by atoms with van der Waals surface area (Å²) >= 11 is 0. The highest BCUT2D eigenvalue weighted by atomic mass is 19.1. The Morgan fingerprint density at radius 2 is 2.00 bits per heavy atom. The summed E-state index contributed by atoms with van der Waals surface area (Å²) in [5.74, 6) is -0.536. The van der Waals surface area contributed by atoms with E-state index in [0.717, 1.165) is 19.3 Å². The topological polar surface area (TPSA) is 26.3 Å². The van der Waals surface area contributed by atoms with E-state index in [1.165, 1.54) is 12.1 Å². The summed E-state index contributed by atoms with van der Waals surface area (Å²) in [5.41, 5.74) is 0.205. The lowest BCUT2D eigenvalue weighted by Gasteiger charge is -2.38. The average molecular weight is 264 g/mol. The number of benzene rings is 1. The third-order valence-electron chi connectivity index (χ3n) is 3.71. The van der Waals surface area contributed by atoms with Crippen molar-refractivity contribution in [1.29, 1.82) is 0 Å². The van der Waals surface area contributed by atoms with Crippen molar-refractivity contribution in [3.8, 4) is 0 Å². The molecule has 0 N–H and O–H groups in total. The second-order valence-electron chi connectivity index (χ2n) is 6.42. The number of halogens is 1. The summed E-state index contributed by atoms with van der Waals surface area (Å²) in [4.78, 5) is 12.0.